The molecule has 0 spiro atoms. The first-order valence-electron chi connectivity index (χ1n) is 6.64. The van der Waals surface area contributed by atoms with Gasteiger partial charge in [-0.1, -0.05) is 0 Å². The number of hydrogen-bond acceptors (Lipinski definition) is 1. The third kappa shape index (κ3) is 5.52. The summed E-state index contributed by atoms with van der Waals surface area (Å²) in [4.78, 5) is 0. The van der Waals surface area contributed by atoms with Crippen molar-refractivity contribution in [3.63, 3.8) is 0 Å². The number of anilines is 1. The first-order valence-corrected chi connectivity index (χ1v) is 16.2. The molecule has 109 valence electrons. The smallest absolute Gasteiger partial charge is 1.00 e. The Morgan fingerprint density at radius 3 is 2.10 bits per heavy atom. The number of aryl methyl sites for hydroxylation is 2. The molecule has 1 aliphatic carbocycles. The van der Waals surface area contributed by atoms with E-state index in [9.17, 15) is 0 Å². The average Bonchev–Trinajstić information content (AvgIpc) is 2.77. The molecule has 1 aromatic rings. The van der Waals surface area contributed by atoms with Gasteiger partial charge in [0, 0.05) is 0 Å². The van der Waals surface area contributed by atoms with Crippen LogP contribution in [0, 0.1) is 13.8 Å². The van der Waals surface area contributed by atoms with Crippen molar-refractivity contribution >= 4 is 11.6 Å². The molecule has 1 nitrogen and oxygen atoms in total. The van der Waals surface area contributed by atoms with E-state index in [1.165, 1.54) is 23.2 Å². The van der Waals surface area contributed by atoms with Crippen LogP contribution in [0.15, 0.2) is 39.7 Å². The molecular formula is C15H22Cl2NSiZr. The van der Waals surface area contributed by atoms with E-state index in [-0.39, 0.29) is 24.8 Å². The molecule has 0 aromatic heterocycles. The van der Waals surface area contributed by atoms with E-state index in [0.29, 0.717) is 0 Å². The number of allylic oxidation sites excluding steroid dienone is 4. The predicted molar refractivity (Wildman–Crippen MR) is 80.3 cm³/mol. The van der Waals surface area contributed by atoms with E-state index in [1.807, 2.05) is 0 Å². The van der Waals surface area contributed by atoms with Gasteiger partial charge in [-0.3, -0.25) is 0 Å². The standard InChI is InChI=1S/C8H10N.C5H5.C2H7Si.2ClH.Zr/c1-6-3-7(2)5-8(9)4-6;1-2-4-5-3-1;1-3-2;;;/h3-5,9H,1-2H3;1-3H,4H2;3H,1-2H3;2*1H;/q-1;;;;;+3/p-2. The maximum absolute atomic E-state index is 3.95. The minimum Gasteiger partial charge on any atom is -1.00 e. The summed E-state index contributed by atoms with van der Waals surface area (Å²) in [5.74, 6) is -0.563. The van der Waals surface area contributed by atoms with Crippen molar-refractivity contribution in [3.8, 4) is 0 Å². The van der Waals surface area contributed by atoms with Gasteiger partial charge in [0.1, 0.15) is 0 Å². The quantitative estimate of drug-likeness (QED) is 0.576. The van der Waals surface area contributed by atoms with E-state index in [1.54, 1.807) is 3.28 Å². The van der Waals surface area contributed by atoms with E-state index in [0.717, 1.165) is 0 Å². The summed E-state index contributed by atoms with van der Waals surface area (Å²) in [6.07, 6.45) is 8.11. The van der Waals surface area contributed by atoms with Crippen LogP contribution in [0.25, 0.3) is 0 Å². The van der Waals surface area contributed by atoms with Crippen LogP contribution in [-0.2, 0) is 21.2 Å². The number of rotatable bonds is 4. The molecule has 1 aliphatic rings. The Morgan fingerprint density at radius 2 is 1.65 bits per heavy atom. The number of nitrogens with one attached hydrogen (secondary N) is 1. The first kappa shape index (κ1) is 20.2. The Balaban J connectivity index is 0.00000180. The van der Waals surface area contributed by atoms with E-state index >= 15 is 0 Å². The van der Waals surface area contributed by atoms with Crippen molar-refractivity contribution in [3.05, 3.63) is 50.8 Å². The Hall–Kier alpha value is 0.180. The molecule has 0 bridgehead atoms. The van der Waals surface area contributed by atoms with Crippen LogP contribution in [0.5, 0.6) is 0 Å². The number of hydrogen-bond donors (Lipinski definition) is 1. The molecule has 0 heterocycles. The maximum Gasteiger partial charge on any atom is -1.00 e. The zero-order valence-corrected chi connectivity index (χ0v) is 17.6. The Morgan fingerprint density at radius 1 is 1.05 bits per heavy atom. The third-order valence-corrected chi connectivity index (χ3v) is 19.9. The van der Waals surface area contributed by atoms with Crippen molar-refractivity contribution in [1.29, 1.82) is 0 Å². The molecule has 0 aliphatic heterocycles. The van der Waals surface area contributed by atoms with Crippen LogP contribution in [0.2, 0.25) is 13.1 Å². The fraction of sp³-hybridized carbons (Fsp3) is 0.333. The molecule has 1 aromatic carbocycles. The number of halogens is 2. The summed E-state index contributed by atoms with van der Waals surface area (Å²) in [5, 5.41) is 0. The average molecular weight is 407 g/mol. The molecule has 0 atom stereocenters. The van der Waals surface area contributed by atoms with Gasteiger partial charge in [0.15, 0.2) is 0 Å². The van der Waals surface area contributed by atoms with Gasteiger partial charge in [-0.05, 0) is 0 Å². The molecule has 0 unspecified atom stereocenters. The van der Waals surface area contributed by atoms with Crippen LogP contribution in [-0.4, -0.2) is 5.92 Å². The van der Waals surface area contributed by atoms with Gasteiger partial charge in [0.25, 0.3) is 0 Å². The monoisotopic (exact) mass is 404 g/mol. The van der Waals surface area contributed by atoms with Crippen LogP contribution >= 0.6 is 0 Å². The zero-order valence-electron chi connectivity index (χ0n) is 12.5. The van der Waals surface area contributed by atoms with Crippen molar-refractivity contribution in [1.82, 2.24) is 0 Å². The summed E-state index contributed by atoms with van der Waals surface area (Å²) < 4.78 is 5.70. The zero-order chi connectivity index (χ0) is 13.1. The largest absolute Gasteiger partial charge is 1.00 e. The maximum atomic E-state index is 3.95. The van der Waals surface area contributed by atoms with Crippen LogP contribution < -0.4 is 28.1 Å². The van der Waals surface area contributed by atoms with Crippen LogP contribution in [0.1, 0.15) is 17.5 Å². The molecule has 1 N–H and O–H groups in total. The fourth-order valence-corrected chi connectivity index (χ4v) is 16.3. The van der Waals surface area contributed by atoms with Gasteiger partial charge in [0.05, 0.1) is 0 Å². The molecule has 0 radical (unpaired) electrons. The van der Waals surface area contributed by atoms with Crippen molar-refractivity contribution in [2.75, 3.05) is 3.26 Å². The van der Waals surface area contributed by atoms with Crippen LogP contribution in [0.4, 0.5) is 5.69 Å². The predicted octanol–water partition coefficient (Wildman–Crippen LogP) is -1.92. The van der Waals surface area contributed by atoms with Gasteiger partial charge in [0.2, 0.25) is 0 Å². The fourth-order valence-electron chi connectivity index (χ4n) is 2.44. The van der Waals surface area contributed by atoms with Crippen LogP contribution in [0.3, 0.4) is 0 Å². The molecule has 0 saturated heterocycles. The molecule has 5 heteroatoms. The SMILES string of the molecule is Cc1cc(C)cc([NH][Zr+2]([C]2=CC=CC2)[SiH](C)C)c1.[Cl-].[Cl-]. The van der Waals surface area contributed by atoms with Gasteiger partial charge in [-0.25, -0.2) is 0 Å². The summed E-state index contributed by atoms with van der Waals surface area (Å²) in [6, 6.07) is 6.85. The Bertz CT molecular complexity index is 480. The van der Waals surface area contributed by atoms with Gasteiger partial charge in [-0.2, -0.15) is 0 Å². The van der Waals surface area contributed by atoms with Crippen molar-refractivity contribution in [2.24, 2.45) is 0 Å². The number of benzene rings is 1. The Kier molecular flexibility index (Phi) is 9.33. The molecular weight excluding hydrogens is 384 g/mol. The third-order valence-electron chi connectivity index (χ3n) is 3.20. The van der Waals surface area contributed by atoms with Gasteiger partial charge in [-0.15, -0.1) is 0 Å². The van der Waals surface area contributed by atoms with Gasteiger partial charge >= 0.3 is 120 Å². The van der Waals surface area contributed by atoms with E-state index in [2.05, 4.69) is 66.6 Å². The second-order valence-electron chi connectivity index (χ2n) is 5.39. The van der Waals surface area contributed by atoms with E-state index < -0.39 is 27.1 Å². The molecule has 20 heavy (non-hydrogen) atoms. The summed E-state index contributed by atoms with van der Waals surface area (Å²) >= 11 is -1.57. The summed E-state index contributed by atoms with van der Waals surface area (Å²) in [7, 11) is 0. The normalized spacial score (nSPS) is 12.6. The second-order valence-corrected chi connectivity index (χ2v) is 23.9. The summed E-state index contributed by atoms with van der Waals surface area (Å²) in [5.41, 5.74) is 4.09. The summed E-state index contributed by atoms with van der Waals surface area (Å²) in [6.45, 7) is 9.38. The Labute approximate surface area is 144 Å². The molecule has 0 amide bonds. The topological polar surface area (TPSA) is 12.0 Å². The molecule has 0 fully saturated rings. The van der Waals surface area contributed by atoms with Crippen molar-refractivity contribution in [2.45, 2.75) is 33.4 Å². The van der Waals surface area contributed by atoms with E-state index in [4.69, 9.17) is 0 Å². The first-order chi connectivity index (χ1) is 8.56. The van der Waals surface area contributed by atoms with Gasteiger partial charge < -0.3 is 24.8 Å². The second kappa shape index (κ2) is 9.25. The minimum atomic E-state index is -1.57. The van der Waals surface area contributed by atoms with Crippen molar-refractivity contribution < 1.29 is 46.0 Å². The molecule has 2 rings (SSSR count). The minimum absolute atomic E-state index is 0. The molecule has 0 saturated carbocycles.